The summed E-state index contributed by atoms with van der Waals surface area (Å²) in [7, 11) is 0. The van der Waals surface area contributed by atoms with E-state index in [1.54, 1.807) is 17.9 Å². The molecule has 0 aliphatic carbocycles. The molecule has 1 aliphatic heterocycles. The molecule has 0 spiro atoms. The van der Waals surface area contributed by atoms with E-state index in [-0.39, 0.29) is 5.91 Å². The van der Waals surface area contributed by atoms with Crippen molar-refractivity contribution in [3.8, 4) is 0 Å². The first-order valence-electron chi connectivity index (χ1n) is 3.97. The maximum atomic E-state index is 11.4. The van der Waals surface area contributed by atoms with Crippen molar-refractivity contribution >= 4 is 17.5 Å². The number of amides is 1. The third-order valence-electron chi connectivity index (χ3n) is 1.94. The molecule has 66 valence electrons. The van der Waals surface area contributed by atoms with Crippen molar-refractivity contribution in [1.29, 1.82) is 0 Å². The van der Waals surface area contributed by atoms with Crippen molar-refractivity contribution in [3.05, 3.63) is 23.3 Å². The van der Waals surface area contributed by atoms with Crippen LogP contribution in [0.15, 0.2) is 23.3 Å². The van der Waals surface area contributed by atoms with Crippen LogP contribution >= 0.6 is 11.6 Å². The minimum absolute atomic E-state index is 0.0376. The van der Waals surface area contributed by atoms with E-state index in [0.29, 0.717) is 10.6 Å². The molecule has 0 saturated carbocycles. The highest BCUT2D eigenvalue weighted by Crippen LogP contribution is 2.18. The Labute approximate surface area is 77.5 Å². The number of rotatable bonds is 2. The molecule has 0 aromatic carbocycles. The standard InChI is InChI=1S/C9H12ClNO/c1-3-8(10)7(2)9(12)11-5-4-6-11/h3H,2,4-6H2,1H3/b8-3+. The van der Waals surface area contributed by atoms with Gasteiger partial charge in [0.05, 0.1) is 5.57 Å². The van der Waals surface area contributed by atoms with E-state index in [9.17, 15) is 4.79 Å². The fraction of sp³-hybridized carbons (Fsp3) is 0.444. The Hall–Kier alpha value is -0.760. The number of likely N-dealkylation sites (tertiary alicyclic amines) is 1. The van der Waals surface area contributed by atoms with Crippen LogP contribution in [-0.2, 0) is 4.79 Å². The zero-order valence-corrected chi connectivity index (χ0v) is 7.90. The van der Waals surface area contributed by atoms with Crippen molar-refractivity contribution < 1.29 is 4.79 Å². The first-order valence-corrected chi connectivity index (χ1v) is 4.35. The quantitative estimate of drug-likeness (QED) is 0.476. The fourth-order valence-electron chi connectivity index (χ4n) is 0.987. The Morgan fingerprint density at radius 1 is 1.58 bits per heavy atom. The Bertz CT molecular complexity index is 241. The number of halogens is 1. The van der Waals surface area contributed by atoms with E-state index in [1.807, 2.05) is 0 Å². The zero-order chi connectivity index (χ0) is 9.14. The van der Waals surface area contributed by atoms with Gasteiger partial charge in [-0.3, -0.25) is 4.79 Å². The molecule has 0 aromatic rings. The number of nitrogens with zero attached hydrogens (tertiary/aromatic N) is 1. The predicted octanol–water partition coefficient (Wildman–Crippen LogP) is 1.92. The summed E-state index contributed by atoms with van der Waals surface area (Å²) < 4.78 is 0. The smallest absolute Gasteiger partial charge is 0.254 e. The van der Waals surface area contributed by atoms with Gasteiger partial charge in [-0.15, -0.1) is 0 Å². The average Bonchev–Trinajstić information content (AvgIpc) is 1.98. The third kappa shape index (κ3) is 1.69. The van der Waals surface area contributed by atoms with E-state index < -0.39 is 0 Å². The van der Waals surface area contributed by atoms with Crippen molar-refractivity contribution in [2.75, 3.05) is 13.1 Å². The number of hydrogen-bond acceptors (Lipinski definition) is 1. The van der Waals surface area contributed by atoms with E-state index in [4.69, 9.17) is 11.6 Å². The van der Waals surface area contributed by atoms with Crippen LogP contribution in [0.2, 0.25) is 0 Å². The summed E-state index contributed by atoms with van der Waals surface area (Å²) in [6.45, 7) is 7.10. The summed E-state index contributed by atoms with van der Waals surface area (Å²) >= 11 is 5.75. The molecule has 0 N–H and O–H groups in total. The van der Waals surface area contributed by atoms with Gasteiger partial charge in [-0.2, -0.15) is 0 Å². The molecule has 1 rings (SSSR count). The van der Waals surface area contributed by atoms with Gasteiger partial charge in [0, 0.05) is 18.1 Å². The van der Waals surface area contributed by atoms with Gasteiger partial charge in [0.1, 0.15) is 0 Å². The van der Waals surface area contributed by atoms with E-state index in [0.717, 1.165) is 19.5 Å². The Morgan fingerprint density at radius 2 is 2.17 bits per heavy atom. The Kier molecular flexibility index (Phi) is 2.93. The molecule has 0 aromatic heterocycles. The summed E-state index contributed by atoms with van der Waals surface area (Å²) in [5, 5.41) is 0.451. The monoisotopic (exact) mass is 185 g/mol. The van der Waals surface area contributed by atoms with Gasteiger partial charge >= 0.3 is 0 Å². The van der Waals surface area contributed by atoms with E-state index >= 15 is 0 Å². The number of allylic oxidation sites excluding steroid dienone is 1. The van der Waals surface area contributed by atoms with Crippen LogP contribution in [0.25, 0.3) is 0 Å². The summed E-state index contributed by atoms with van der Waals surface area (Å²) in [6.07, 6.45) is 2.77. The lowest BCUT2D eigenvalue weighted by Gasteiger charge is -2.31. The molecule has 3 heteroatoms. The van der Waals surface area contributed by atoms with Gasteiger partial charge in [0.2, 0.25) is 0 Å². The second-order valence-electron chi connectivity index (χ2n) is 2.76. The molecule has 0 unspecified atom stereocenters. The molecular weight excluding hydrogens is 174 g/mol. The number of carbonyl (C=O) groups excluding carboxylic acids is 1. The normalized spacial score (nSPS) is 17.2. The molecule has 0 atom stereocenters. The SMILES string of the molecule is C=C(C(=O)N1CCC1)/C(Cl)=C\C. The first-order chi connectivity index (χ1) is 5.66. The van der Waals surface area contributed by atoms with Crippen LogP contribution in [0, 0.1) is 0 Å². The van der Waals surface area contributed by atoms with E-state index in [2.05, 4.69) is 6.58 Å². The van der Waals surface area contributed by atoms with Gasteiger partial charge in [-0.05, 0) is 13.3 Å². The number of hydrogen-bond donors (Lipinski definition) is 0. The highest BCUT2D eigenvalue weighted by atomic mass is 35.5. The maximum Gasteiger partial charge on any atom is 0.254 e. The Morgan fingerprint density at radius 3 is 2.50 bits per heavy atom. The molecule has 1 saturated heterocycles. The van der Waals surface area contributed by atoms with Crippen LogP contribution < -0.4 is 0 Å². The summed E-state index contributed by atoms with van der Waals surface area (Å²) in [5.74, 6) is -0.0376. The number of carbonyl (C=O) groups is 1. The lowest BCUT2D eigenvalue weighted by atomic mass is 10.1. The molecule has 0 radical (unpaired) electrons. The lowest BCUT2D eigenvalue weighted by molar-refractivity contribution is -0.130. The zero-order valence-electron chi connectivity index (χ0n) is 7.14. The van der Waals surface area contributed by atoms with Gasteiger partial charge in [-0.25, -0.2) is 0 Å². The maximum absolute atomic E-state index is 11.4. The van der Waals surface area contributed by atoms with Gasteiger partial charge in [0.15, 0.2) is 0 Å². The molecule has 12 heavy (non-hydrogen) atoms. The van der Waals surface area contributed by atoms with E-state index in [1.165, 1.54) is 0 Å². The Balaban J connectivity index is 2.57. The topological polar surface area (TPSA) is 20.3 Å². The lowest BCUT2D eigenvalue weighted by Crippen LogP contribution is -2.42. The third-order valence-corrected chi connectivity index (χ3v) is 2.39. The first kappa shape index (κ1) is 9.33. The van der Waals surface area contributed by atoms with Crippen LogP contribution in [0.1, 0.15) is 13.3 Å². The summed E-state index contributed by atoms with van der Waals surface area (Å²) in [5.41, 5.74) is 0.402. The second-order valence-corrected chi connectivity index (χ2v) is 3.17. The van der Waals surface area contributed by atoms with Crippen molar-refractivity contribution in [2.45, 2.75) is 13.3 Å². The van der Waals surface area contributed by atoms with Crippen LogP contribution in [0.3, 0.4) is 0 Å². The van der Waals surface area contributed by atoms with Crippen LogP contribution in [0.4, 0.5) is 0 Å². The fourth-order valence-corrected chi connectivity index (χ4v) is 1.07. The van der Waals surface area contributed by atoms with Crippen LogP contribution in [-0.4, -0.2) is 23.9 Å². The van der Waals surface area contributed by atoms with Gasteiger partial charge < -0.3 is 4.90 Å². The van der Waals surface area contributed by atoms with Crippen molar-refractivity contribution in [2.24, 2.45) is 0 Å². The second kappa shape index (κ2) is 3.76. The summed E-state index contributed by atoms with van der Waals surface area (Å²) in [4.78, 5) is 13.2. The molecule has 1 amide bonds. The average molecular weight is 186 g/mol. The highest BCUT2D eigenvalue weighted by Gasteiger charge is 2.23. The van der Waals surface area contributed by atoms with Gasteiger partial charge in [-0.1, -0.05) is 24.3 Å². The molecule has 2 nitrogen and oxygen atoms in total. The minimum atomic E-state index is -0.0376. The predicted molar refractivity (Wildman–Crippen MR) is 49.9 cm³/mol. The molecule has 0 bridgehead atoms. The molecule has 1 fully saturated rings. The largest absolute Gasteiger partial charge is 0.338 e. The molecule has 1 heterocycles. The molecular formula is C9H12ClNO. The van der Waals surface area contributed by atoms with Crippen LogP contribution in [0.5, 0.6) is 0 Å². The minimum Gasteiger partial charge on any atom is -0.338 e. The highest BCUT2D eigenvalue weighted by molar-refractivity contribution is 6.35. The molecule has 1 aliphatic rings. The van der Waals surface area contributed by atoms with Crippen molar-refractivity contribution in [3.63, 3.8) is 0 Å². The van der Waals surface area contributed by atoms with Gasteiger partial charge in [0.25, 0.3) is 5.91 Å². The summed E-state index contributed by atoms with van der Waals surface area (Å²) in [6, 6.07) is 0. The van der Waals surface area contributed by atoms with Crippen molar-refractivity contribution in [1.82, 2.24) is 4.90 Å².